The molecular formula is C13H18O2S. The highest BCUT2D eigenvalue weighted by Crippen LogP contribution is 2.28. The second-order valence-electron chi connectivity index (χ2n) is 3.95. The standard InChI is InChI=1S/C13H18O2S/c1-9-5-7-12(8-6-9)16-11(3)10(2)13(14)15-4/h5-8,10-11H,1-4H3. The van der Waals surface area contributed by atoms with E-state index in [9.17, 15) is 4.79 Å². The van der Waals surface area contributed by atoms with E-state index in [4.69, 9.17) is 4.74 Å². The summed E-state index contributed by atoms with van der Waals surface area (Å²) in [5.41, 5.74) is 1.25. The molecule has 2 atom stereocenters. The second-order valence-corrected chi connectivity index (χ2v) is 5.40. The van der Waals surface area contributed by atoms with Gasteiger partial charge in [0.25, 0.3) is 0 Å². The van der Waals surface area contributed by atoms with Gasteiger partial charge >= 0.3 is 5.97 Å². The van der Waals surface area contributed by atoms with Gasteiger partial charge in [-0.3, -0.25) is 4.79 Å². The molecule has 0 radical (unpaired) electrons. The number of hydrogen-bond donors (Lipinski definition) is 0. The molecule has 1 rings (SSSR count). The third kappa shape index (κ3) is 3.56. The Bertz CT molecular complexity index is 345. The van der Waals surface area contributed by atoms with Gasteiger partial charge in [-0.25, -0.2) is 0 Å². The minimum atomic E-state index is -0.146. The van der Waals surface area contributed by atoms with E-state index >= 15 is 0 Å². The monoisotopic (exact) mass is 238 g/mol. The molecule has 0 amide bonds. The van der Waals surface area contributed by atoms with Crippen molar-refractivity contribution in [1.82, 2.24) is 0 Å². The number of aryl methyl sites for hydroxylation is 1. The summed E-state index contributed by atoms with van der Waals surface area (Å²) >= 11 is 1.70. The zero-order chi connectivity index (χ0) is 12.1. The maximum absolute atomic E-state index is 11.4. The zero-order valence-electron chi connectivity index (χ0n) is 10.2. The number of ether oxygens (including phenoxy) is 1. The van der Waals surface area contributed by atoms with Crippen LogP contribution in [0.25, 0.3) is 0 Å². The van der Waals surface area contributed by atoms with Crippen LogP contribution in [-0.4, -0.2) is 18.3 Å². The number of methoxy groups -OCH3 is 1. The molecule has 0 N–H and O–H groups in total. The van der Waals surface area contributed by atoms with Crippen molar-refractivity contribution in [2.24, 2.45) is 5.92 Å². The van der Waals surface area contributed by atoms with Crippen molar-refractivity contribution < 1.29 is 9.53 Å². The predicted molar refractivity (Wildman–Crippen MR) is 67.7 cm³/mol. The molecular weight excluding hydrogens is 220 g/mol. The van der Waals surface area contributed by atoms with E-state index in [1.165, 1.54) is 17.6 Å². The van der Waals surface area contributed by atoms with Crippen molar-refractivity contribution in [1.29, 1.82) is 0 Å². The summed E-state index contributed by atoms with van der Waals surface area (Å²) in [6.45, 7) is 6.01. The van der Waals surface area contributed by atoms with Gasteiger partial charge in [0.15, 0.2) is 0 Å². The van der Waals surface area contributed by atoms with E-state index < -0.39 is 0 Å². The molecule has 1 aromatic rings. The average Bonchev–Trinajstić information content (AvgIpc) is 2.30. The minimum absolute atomic E-state index is 0.0868. The number of esters is 1. The van der Waals surface area contributed by atoms with Crippen LogP contribution in [0.2, 0.25) is 0 Å². The predicted octanol–water partition coefficient (Wildman–Crippen LogP) is 3.28. The Balaban J connectivity index is 2.60. The third-order valence-corrected chi connectivity index (χ3v) is 3.94. The number of carbonyl (C=O) groups is 1. The van der Waals surface area contributed by atoms with Gasteiger partial charge in [0, 0.05) is 10.1 Å². The highest BCUT2D eigenvalue weighted by atomic mass is 32.2. The Morgan fingerprint density at radius 1 is 1.25 bits per heavy atom. The topological polar surface area (TPSA) is 26.3 Å². The Labute approximate surface area is 101 Å². The van der Waals surface area contributed by atoms with Crippen molar-refractivity contribution in [2.45, 2.75) is 30.9 Å². The van der Waals surface area contributed by atoms with Gasteiger partial charge in [0.1, 0.15) is 0 Å². The van der Waals surface area contributed by atoms with E-state index in [0.29, 0.717) is 0 Å². The molecule has 0 bridgehead atoms. The van der Waals surface area contributed by atoms with Crippen LogP contribution in [0.1, 0.15) is 19.4 Å². The lowest BCUT2D eigenvalue weighted by molar-refractivity contribution is -0.144. The smallest absolute Gasteiger partial charge is 0.309 e. The van der Waals surface area contributed by atoms with Crippen molar-refractivity contribution >= 4 is 17.7 Å². The Morgan fingerprint density at radius 2 is 1.81 bits per heavy atom. The molecule has 2 unspecified atom stereocenters. The van der Waals surface area contributed by atoms with Crippen LogP contribution in [0.4, 0.5) is 0 Å². The lowest BCUT2D eigenvalue weighted by Crippen LogP contribution is -2.21. The first-order valence-corrected chi connectivity index (χ1v) is 6.23. The molecule has 0 fully saturated rings. The molecule has 0 saturated heterocycles. The fourth-order valence-electron chi connectivity index (χ4n) is 1.31. The van der Waals surface area contributed by atoms with Gasteiger partial charge in [-0.2, -0.15) is 0 Å². The van der Waals surface area contributed by atoms with Gasteiger partial charge in [-0.05, 0) is 19.1 Å². The average molecular weight is 238 g/mol. The van der Waals surface area contributed by atoms with Gasteiger partial charge in [0.05, 0.1) is 13.0 Å². The van der Waals surface area contributed by atoms with Crippen molar-refractivity contribution in [2.75, 3.05) is 7.11 Å². The summed E-state index contributed by atoms with van der Waals surface area (Å²) in [5, 5.41) is 0.218. The second kappa shape index (κ2) is 5.94. The molecule has 3 heteroatoms. The fourth-order valence-corrected chi connectivity index (χ4v) is 2.35. The largest absolute Gasteiger partial charge is 0.469 e. The van der Waals surface area contributed by atoms with E-state index in [-0.39, 0.29) is 17.1 Å². The van der Waals surface area contributed by atoms with E-state index in [2.05, 4.69) is 31.2 Å². The molecule has 2 nitrogen and oxygen atoms in total. The van der Waals surface area contributed by atoms with Crippen LogP contribution in [-0.2, 0) is 9.53 Å². The molecule has 0 aliphatic heterocycles. The quantitative estimate of drug-likeness (QED) is 0.595. The zero-order valence-corrected chi connectivity index (χ0v) is 11.0. The maximum Gasteiger partial charge on any atom is 0.309 e. The summed E-state index contributed by atoms with van der Waals surface area (Å²) in [4.78, 5) is 12.6. The molecule has 0 spiro atoms. The molecule has 1 aromatic carbocycles. The molecule has 0 aliphatic carbocycles. The number of carbonyl (C=O) groups excluding carboxylic acids is 1. The van der Waals surface area contributed by atoms with Crippen molar-refractivity contribution in [3.63, 3.8) is 0 Å². The number of hydrogen-bond acceptors (Lipinski definition) is 3. The SMILES string of the molecule is COC(=O)C(C)C(C)Sc1ccc(C)cc1. The summed E-state index contributed by atoms with van der Waals surface area (Å²) < 4.78 is 4.74. The van der Waals surface area contributed by atoms with Crippen molar-refractivity contribution in [3.8, 4) is 0 Å². The molecule has 0 aromatic heterocycles. The Morgan fingerprint density at radius 3 is 2.31 bits per heavy atom. The van der Waals surface area contributed by atoms with Gasteiger partial charge in [-0.1, -0.05) is 31.5 Å². The molecule has 0 aliphatic rings. The van der Waals surface area contributed by atoms with E-state index in [1.807, 2.05) is 13.8 Å². The lowest BCUT2D eigenvalue weighted by atomic mass is 10.1. The van der Waals surface area contributed by atoms with Gasteiger partial charge < -0.3 is 4.74 Å². The highest BCUT2D eigenvalue weighted by molar-refractivity contribution is 8.00. The first-order valence-electron chi connectivity index (χ1n) is 5.35. The minimum Gasteiger partial charge on any atom is -0.469 e. The van der Waals surface area contributed by atoms with Gasteiger partial charge in [-0.15, -0.1) is 11.8 Å². The number of thioether (sulfide) groups is 1. The molecule has 0 saturated carbocycles. The fraction of sp³-hybridized carbons (Fsp3) is 0.462. The first-order chi connectivity index (χ1) is 7.54. The molecule has 0 heterocycles. The van der Waals surface area contributed by atoms with E-state index in [0.717, 1.165) is 0 Å². The molecule has 16 heavy (non-hydrogen) atoms. The summed E-state index contributed by atoms with van der Waals surface area (Å²) in [7, 11) is 1.43. The third-order valence-electron chi connectivity index (χ3n) is 2.62. The highest BCUT2D eigenvalue weighted by Gasteiger charge is 2.21. The van der Waals surface area contributed by atoms with Crippen LogP contribution in [0.5, 0.6) is 0 Å². The Kier molecular flexibility index (Phi) is 4.87. The first kappa shape index (κ1) is 13.1. The maximum atomic E-state index is 11.4. The van der Waals surface area contributed by atoms with Crippen LogP contribution in [0.3, 0.4) is 0 Å². The van der Waals surface area contributed by atoms with Crippen LogP contribution >= 0.6 is 11.8 Å². The lowest BCUT2D eigenvalue weighted by Gasteiger charge is -2.17. The summed E-state index contributed by atoms with van der Waals surface area (Å²) in [6, 6.07) is 8.33. The van der Waals surface area contributed by atoms with Crippen molar-refractivity contribution in [3.05, 3.63) is 29.8 Å². The Hall–Kier alpha value is -0.960. The van der Waals surface area contributed by atoms with Crippen LogP contribution in [0.15, 0.2) is 29.2 Å². The summed E-state index contributed by atoms with van der Waals surface area (Å²) in [6.07, 6.45) is 0. The molecule has 88 valence electrons. The van der Waals surface area contributed by atoms with Crippen LogP contribution in [0, 0.1) is 12.8 Å². The van der Waals surface area contributed by atoms with Gasteiger partial charge in [0.2, 0.25) is 0 Å². The summed E-state index contributed by atoms with van der Waals surface area (Å²) in [5.74, 6) is -0.233. The van der Waals surface area contributed by atoms with Crippen LogP contribution < -0.4 is 0 Å². The van der Waals surface area contributed by atoms with E-state index in [1.54, 1.807) is 11.8 Å². The normalized spacial score (nSPS) is 14.2. The number of rotatable bonds is 4. The number of benzene rings is 1.